The van der Waals surface area contributed by atoms with Crippen molar-refractivity contribution in [2.75, 3.05) is 7.11 Å². The second kappa shape index (κ2) is 5.33. The minimum Gasteiger partial charge on any atom is -0.497 e. The summed E-state index contributed by atoms with van der Waals surface area (Å²) >= 11 is 0. The van der Waals surface area contributed by atoms with Gasteiger partial charge >= 0.3 is 0 Å². The van der Waals surface area contributed by atoms with Gasteiger partial charge in [0.25, 0.3) is 0 Å². The molecule has 1 aliphatic heterocycles. The highest BCUT2D eigenvalue weighted by molar-refractivity contribution is 5.44. The molecule has 21 heavy (non-hydrogen) atoms. The van der Waals surface area contributed by atoms with Gasteiger partial charge in [-0.25, -0.2) is 8.78 Å². The van der Waals surface area contributed by atoms with Gasteiger partial charge in [0.15, 0.2) is 0 Å². The summed E-state index contributed by atoms with van der Waals surface area (Å²) in [6.07, 6.45) is -0.227. The van der Waals surface area contributed by atoms with Crippen LogP contribution in [0.2, 0.25) is 0 Å². The lowest BCUT2D eigenvalue weighted by Gasteiger charge is -2.31. The normalized spacial score (nSPS) is 20.6. The van der Waals surface area contributed by atoms with Gasteiger partial charge in [-0.2, -0.15) is 0 Å². The van der Waals surface area contributed by atoms with Crippen molar-refractivity contribution in [3.05, 3.63) is 59.2 Å². The van der Waals surface area contributed by atoms with Crippen molar-refractivity contribution in [2.45, 2.75) is 18.6 Å². The number of rotatable bonds is 2. The van der Waals surface area contributed by atoms with Crippen LogP contribution in [-0.4, -0.2) is 7.11 Å². The van der Waals surface area contributed by atoms with E-state index >= 15 is 0 Å². The predicted molar refractivity (Wildman–Crippen MR) is 74.3 cm³/mol. The van der Waals surface area contributed by atoms with Crippen LogP contribution in [0.15, 0.2) is 36.4 Å². The summed E-state index contributed by atoms with van der Waals surface area (Å²) in [6, 6.07) is 8.37. The quantitative estimate of drug-likeness (QED) is 0.921. The first kappa shape index (κ1) is 13.8. The maximum Gasteiger partial charge on any atom is 0.130 e. The van der Waals surface area contributed by atoms with Crippen molar-refractivity contribution < 1.29 is 18.3 Å². The zero-order chi connectivity index (χ0) is 15.0. The van der Waals surface area contributed by atoms with Crippen molar-refractivity contribution in [3.8, 4) is 11.5 Å². The van der Waals surface area contributed by atoms with Crippen LogP contribution in [0.3, 0.4) is 0 Å². The molecular weight excluding hydrogens is 276 g/mol. The molecule has 1 aliphatic rings. The number of methoxy groups -OCH3 is 1. The summed E-state index contributed by atoms with van der Waals surface area (Å²) in [5.74, 6) is 0.169. The molecule has 2 atom stereocenters. The number of halogens is 2. The topological polar surface area (TPSA) is 44.5 Å². The van der Waals surface area contributed by atoms with Crippen LogP contribution in [0.25, 0.3) is 0 Å². The molecule has 0 aromatic heterocycles. The van der Waals surface area contributed by atoms with Gasteiger partial charge in [-0.15, -0.1) is 0 Å². The standard InChI is InChI=1S/C16H15F2NO2/c1-20-10-3-4-11-14(19)8-16(21-15(11)7-10)12-6-9(17)2-5-13(12)18/h2-7,14,16H,8,19H2,1H3. The van der Waals surface area contributed by atoms with E-state index in [9.17, 15) is 8.78 Å². The minimum absolute atomic E-state index is 0.180. The van der Waals surface area contributed by atoms with E-state index in [0.29, 0.717) is 17.9 Å². The van der Waals surface area contributed by atoms with E-state index in [0.717, 1.165) is 23.8 Å². The van der Waals surface area contributed by atoms with Gasteiger partial charge in [0.05, 0.1) is 7.11 Å². The van der Waals surface area contributed by atoms with Gasteiger partial charge in [-0.3, -0.25) is 0 Å². The van der Waals surface area contributed by atoms with Gasteiger partial charge in [0.1, 0.15) is 29.2 Å². The van der Waals surface area contributed by atoms with E-state index in [1.165, 1.54) is 0 Å². The molecule has 0 aliphatic carbocycles. The Kier molecular flexibility index (Phi) is 3.51. The molecule has 2 unspecified atom stereocenters. The van der Waals surface area contributed by atoms with Crippen molar-refractivity contribution in [2.24, 2.45) is 5.73 Å². The zero-order valence-corrected chi connectivity index (χ0v) is 11.5. The Balaban J connectivity index is 1.98. The molecule has 2 N–H and O–H groups in total. The van der Waals surface area contributed by atoms with E-state index in [-0.39, 0.29) is 11.6 Å². The third kappa shape index (κ3) is 2.56. The monoisotopic (exact) mass is 291 g/mol. The second-order valence-electron chi connectivity index (χ2n) is 5.02. The van der Waals surface area contributed by atoms with E-state index < -0.39 is 17.7 Å². The number of fused-ring (bicyclic) bond motifs is 1. The minimum atomic E-state index is -0.615. The molecule has 110 valence electrons. The molecule has 0 spiro atoms. The molecule has 2 aromatic rings. The molecule has 0 radical (unpaired) electrons. The summed E-state index contributed by atoms with van der Waals surface area (Å²) in [5, 5.41) is 0. The molecule has 3 nitrogen and oxygen atoms in total. The Hall–Kier alpha value is -2.14. The Labute approximate surface area is 121 Å². The molecule has 0 fully saturated rings. The van der Waals surface area contributed by atoms with Crippen molar-refractivity contribution >= 4 is 0 Å². The van der Waals surface area contributed by atoms with Gasteiger partial charge < -0.3 is 15.2 Å². The molecule has 0 saturated carbocycles. The first-order valence-electron chi connectivity index (χ1n) is 6.63. The zero-order valence-electron chi connectivity index (χ0n) is 11.5. The Morgan fingerprint density at radius 2 is 1.95 bits per heavy atom. The Morgan fingerprint density at radius 3 is 2.71 bits per heavy atom. The number of ether oxygens (including phenoxy) is 2. The molecule has 0 amide bonds. The van der Waals surface area contributed by atoms with Crippen molar-refractivity contribution in [1.82, 2.24) is 0 Å². The Bertz CT molecular complexity index is 675. The van der Waals surface area contributed by atoms with Crippen LogP contribution in [0, 0.1) is 11.6 Å². The molecule has 0 saturated heterocycles. The first-order chi connectivity index (χ1) is 10.1. The summed E-state index contributed by atoms with van der Waals surface area (Å²) < 4.78 is 38.2. The third-order valence-electron chi connectivity index (χ3n) is 3.66. The lowest BCUT2D eigenvalue weighted by atomic mass is 9.93. The maximum absolute atomic E-state index is 13.9. The van der Waals surface area contributed by atoms with Crippen LogP contribution < -0.4 is 15.2 Å². The molecule has 3 rings (SSSR count). The summed E-state index contributed by atoms with van der Waals surface area (Å²) in [4.78, 5) is 0. The van der Waals surface area contributed by atoms with Crippen molar-refractivity contribution in [3.63, 3.8) is 0 Å². The van der Waals surface area contributed by atoms with Gasteiger partial charge in [0.2, 0.25) is 0 Å². The van der Waals surface area contributed by atoms with Crippen LogP contribution in [0.1, 0.15) is 29.7 Å². The van der Waals surface area contributed by atoms with E-state index in [4.69, 9.17) is 15.2 Å². The number of benzene rings is 2. The number of hydrogen-bond donors (Lipinski definition) is 1. The van der Waals surface area contributed by atoms with Crippen molar-refractivity contribution in [1.29, 1.82) is 0 Å². The average molecular weight is 291 g/mol. The third-order valence-corrected chi connectivity index (χ3v) is 3.66. The Morgan fingerprint density at radius 1 is 1.14 bits per heavy atom. The average Bonchev–Trinajstić information content (AvgIpc) is 2.49. The molecule has 5 heteroatoms. The largest absolute Gasteiger partial charge is 0.497 e. The fraction of sp³-hybridized carbons (Fsp3) is 0.250. The van der Waals surface area contributed by atoms with Gasteiger partial charge in [0, 0.05) is 29.7 Å². The molecule has 2 aromatic carbocycles. The number of hydrogen-bond acceptors (Lipinski definition) is 3. The number of nitrogens with two attached hydrogens (primary N) is 1. The SMILES string of the molecule is COc1ccc2c(c1)OC(c1cc(F)ccc1F)CC2N. The van der Waals surface area contributed by atoms with Gasteiger partial charge in [-0.1, -0.05) is 6.07 Å². The smallest absolute Gasteiger partial charge is 0.130 e. The maximum atomic E-state index is 13.9. The fourth-order valence-electron chi connectivity index (χ4n) is 2.56. The molecular formula is C16H15F2NO2. The highest BCUT2D eigenvalue weighted by Crippen LogP contribution is 2.41. The molecule has 0 bridgehead atoms. The highest BCUT2D eigenvalue weighted by Gasteiger charge is 2.29. The van der Waals surface area contributed by atoms with Crippen LogP contribution in [0.4, 0.5) is 8.78 Å². The lowest BCUT2D eigenvalue weighted by molar-refractivity contribution is 0.156. The summed E-state index contributed by atoms with van der Waals surface area (Å²) in [6.45, 7) is 0. The highest BCUT2D eigenvalue weighted by atomic mass is 19.1. The van der Waals surface area contributed by atoms with Gasteiger partial charge in [-0.05, 0) is 24.3 Å². The summed E-state index contributed by atoms with van der Waals surface area (Å²) in [5.41, 5.74) is 7.13. The predicted octanol–water partition coefficient (Wildman–Crippen LogP) is 3.50. The lowest BCUT2D eigenvalue weighted by Crippen LogP contribution is -2.24. The van der Waals surface area contributed by atoms with Crippen LogP contribution in [0.5, 0.6) is 11.5 Å². The van der Waals surface area contributed by atoms with E-state index in [1.54, 1.807) is 19.2 Å². The second-order valence-corrected chi connectivity index (χ2v) is 5.02. The summed E-state index contributed by atoms with van der Waals surface area (Å²) in [7, 11) is 1.55. The fourth-order valence-corrected chi connectivity index (χ4v) is 2.56. The van der Waals surface area contributed by atoms with Crippen LogP contribution in [-0.2, 0) is 0 Å². The van der Waals surface area contributed by atoms with E-state index in [1.807, 2.05) is 6.07 Å². The van der Waals surface area contributed by atoms with Crippen LogP contribution >= 0.6 is 0 Å². The van der Waals surface area contributed by atoms with E-state index in [2.05, 4.69) is 0 Å². The first-order valence-corrected chi connectivity index (χ1v) is 6.63. The molecule has 1 heterocycles.